The van der Waals surface area contributed by atoms with E-state index in [1.807, 2.05) is 59.9 Å². The molecular formula is C29H49N2O6P. The topological polar surface area (TPSA) is 112 Å². The molecule has 1 aliphatic rings. The van der Waals surface area contributed by atoms with Crippen LogP contribution in [0.3, 0.4) is 0 Å². The van der Waals surface area contributed by atoms with Crippen LogP contribution in [0.1, 0.15) is 59.9 Å². The van der Waals surface area contributed by atoms with Gasteiger partial charge in [-0.1, -0.05) is 6.07 Å². The Hall–Kier alpha value is -2.15. The number of nitrogens with zero attached hydrogens (tertiary/aromatic N) is 1. The Balaban J connectivity index is 0.000000290. The van der Waals surface area contributed by atoms with Crippen LogP contribution in [0.15, 0.2) is 24.4 Å². The van der Waals surface area contributed by atoms with Crippen molar-refractivity contribution in [2.24, 2.45) is 16.7 Å². The summed E-state index contributed by atoms with van der Waals surface area (Å²) in [6, 6.07) is 5.56. The van der Waals surface area contributed by atoms with Gasteiger partial charge in [0.05, 0.1) is 24.0 Å². The van der Waals surface area contributed by atoms with E-state index in [9.17, 15) is 14.7 Å². The third-order valence-electron chi connectivity index (χ3n) is 5.61. The van der Waals surface area contributed by atoms with E-state index in [4.69, 9.17) is 14.4 Å². The lowest BCUT2D eigenvalue weighted by atomic mass is 9.97. The molecule has 1 heterocycles. The van der Waals surface area contributed by atoms with Gasteiger partial charge in [-0.3, -0.25) is 9.59 Å². The summed E-state index contributed by atoms with van der Waals surface area (Å²) in [4.78, 5) is 36.6. The van der Waals surface area contributed by atoms with Gasteiger partial charge in [-0.2, -0.15) is 0 Å². The molecule has 0 saturated heterocycles. The van der Waals surface area contributed by atoms with Crippen LogP contribution >= 0.6 is 8.15 Å². The second-order valence-electron chi connectivity index (χ2n) is 12.1. The molecule has 1 saturated carbocycles. The lowest BCUT2D eigenvalue weighted by Crippen LogP contribution is -2.23. The van der Waals surface area contributed by atoms with E-state index in [0.717, 1.165) is 23.9 Å². The van der Waals surface area contributed by atoms with Crippen LogP contribution < -0.4 is 0 Å². The predicted molar refractivity (Wildman–Crippen MR) is 156 cm³/mol. The van der Waals surface area contributed by atoms with Gasteiger partial charge in [0.25, 0.3) is 0 Å². The van der Waals surface area contributed by atoms with Crippen LogP contribution in [0, 0.1) is 16.7 Å². The van der Waals surface area contributed by atoms with E-state index in [1.165, 1.54) is 18.4 Å². The number of hydrogen-bond donors (Lipinski definition) is 3. The number of esters is 2. The lowest BCUT2D eigenvalue weighted by Gasteiger charge is -2.16. The lowest BCUT2D eigenvalue weighted by molar-refractivity contribution is -0.153. The molecule has 1 aliphatic carbocycles. The molecule has 8 nitrogen and oxygen atoms in total. The minimum absolute atomic E-state index is 0.0793. The number of likely N-dealkylation sites (N-methyl/N-ethyl adjacent to an activating group) is 1. The Morgan fingerprint density at radius 2 is 1.63 bits per heavy atom. The number of aromatic hydroxyl groups is 1. The highest BCUT2D eigenvalue weighted by molar-refractivity contribution is 7.50. The first-order chi connectivity index (χ1) is 17.5. The average molecular weight is 553 g/mol. The maximum absolute atomic E-state index is 11.2. The second kappa shape index (κ2) is 15.4. The summed E-state index contributed by atoms with van der Waals surface area (Å²) in [6.45, 7) is 14.7. The second-order valence-corrected chi connectivity index (χ2v) is 13.9. The van der Waals surface area contributed by atoms with E-state index in [2.05, 4.69) is 24.0 Å². The van der Waals surface area contributed by atoms with Gasteiger partial charge < -0.3 is 29.4 Å². The largest absolute Gasteiger partial charge is 0.507 e. The number of carbonyl (C=O) groups excluding carboxylic acids is 2. The summed E-state index contributed by atoms with van der Waals surface area (Å²) in [5.74, 6) is 0.743. The number of aromatic amines is 1. The highest BCUT2D eigenvalue weighted by Crippen LogP contribution is 2.30. The average Bonchev–Trinajstić information content (AvgIpc) is 3.53. The molecule has 3 rings (SSSR count). The molecule has 0 radical (unpaired) electrons. The van der Waals surface area contributed by atoms with Crippen molar-refractivity contribution in [3.63, 3.8) is 0 Å². The number of rotatable bonds is 8. The SMILES string of the molecule is CC(C)(C)C(=O)OCC1CC1.CN(C)CCc1c[nH]c2cccc(O)c12.CP(O)CCOC(=O)C(C)(C)C. The molecule has 1 aromatic heterocycles. The molecule has 1 aromatic carbocycles. The number of phenols is 1. The van der Waals surface area contributed by atoms with Crippen molar-refractivity contribution in [1.29, 1.82) is 0 Å². The molecule has 38 heavy (non-hydrogen) atoms. The zero-order chi connectivity index (χ0) is 29.1. The normalized spacial score (nSPS) is 14.2. The van der Waals surface area contributed by atoms with Crippen molar-refractivity contribution in [3.8, 4) is 5.75 Å². The van der Waals surface area contributed by atoms with Crippen molar-refractivity contribution in [2.75, 3.05) is 46.7 Å². The van der Waals surface area contributed by atoms with Gasteiger partial charge in [0.1, 0.15) is 5.75 Å². The minimum Gasteiger partial charge on any atom is -0.507 e. The molecule has 3 N–H and O–H groups in total. The van der Waals surface area contributed by atoms with E-state index in [-0.39, 0.29) is 17.4 Å². The van der Waals surface area contributed by atoms with Gasteiger partial charge in [-0.25, -0.2) is 0 Å². The fourth-order valence-corrected chi connectivity index (χ4v) is 3.31. The molecular weight excluding hydrogens is 503 g/mol. The number of nitrogens with one attached hydrogen (secondary N) is 1. The first-order valence-electron chi connectivity index (χ1n) is 13.2. The maximum atomic E-state index is 11.2. The van der Waals surface area contributed by atoms with Crippen LogP contribution in [0.25, 0.3) is 10.9 Å². The molecule has 216 valence electrons. The van der Waals surface area contributed by atoms with Crippen molar-refractivity contribution >= 4 is 31.0 Å². The third kappa shape index (κ3) is 13.6. The third-order valence-corrected chi connectivity index (χ3v) is 6.44. The van der Waals surface area contributed by atoms with E-state index >= 15 is 0 Å². The number of H-pyrrole nitrogens is 1. The number of benzene rings is 1. The zero-order valence-corrected chi connectivity index (χ0v) is 25.7. The van der Waals surface area contributed by atoms with Gasteiger partial charge in [0.2, 0.25) is 0 Å². The van der Waals surface area contributed by atoms with Gasteiger partial charge in [0, 0.05) is 38.0 Å². The van der Waals surface area contributed by atoms with Gasteiger partial charge in [-0.05, 0) is 105 Å². The van der Waals surface area contributed by atoms with Crippen molar-refractivity contribution in [3.05, 3.63) is 30.0 Å². The molecule has 0 spiro atoms. The summed E-state index contributed by atoms with van der Waals surface area (Å²) in [7, 11) is 3.16. The summed E-state index contributed by atoms with van der Waals surface area (Å²) >= 11 is 0. The Morgan fingerprint density at radius 3 is 2.13 bits per heavy atom. The highest BCUT2D eigenvalue weighted by atomic mass is 31.1. The first kappa shape index (κ1) is 33.9. The zero-order valence-electron chi connectivity index (χ0n) is 24.8. The van der Waals surface area contributed by atoms with E-state index in [0.29, 0.717) is 31.0 Å². The quantitative estimate of drug-likeness (QED) is 0.290. The maximum Gasteiger partial charge on any atom is 0.311 e. The summed E-state index contributed by atoms with van der Waals surface area (Å²) in [5.41, 5.74) is 1.40. The fraction of sp³-hybridized carbons (Fsp3) is 0.655. The standard InChI is InChI=1S/C12H16N2O.C9H16O2.C8H17O3P/c1-14(2)7-6-9-8-13-10-4-3-5-11(15)12(9)10;1-9(2,3)8(10)11-6-7-4-5-7;1-8(2,3)7(9)11-5-6-12(4)10/h3-5,8,13,15H,6-7H2,1-2H3;7H,4-6H2,1-3H3;10H,5-6H2,1-4H3. The fourth-order valence-electron chi connectivity index (χ4n) is 2.96. The Morgan fingerprint density at radius 1 is 1.05 bits per heavy atom. The minimum atomic E-state index is -0.944. The van der Waals surface area contributed by atoms with Gasteiger partial charge >= 0.3 is 11.9 Å². The monoisotopic (exact) mass is 552 g/mol. The molecule has 9 heteroatoms. The van der Waals surface area contributed by atoms with Gasteiger partial charge in [-0.15, -0.1) is 0 Å². The van der Waals surface area contributed by atoms with Crippen LogP contribution in [-0.4, -0.2) is 78.5 Å². The van der Waals surface area contributed by atoms with Crippen LogP contribution in [-0.2, 0) is 25.5 Å². The van der Waals surface area contributed by atoms with Crippen molar-refractivity contribution < 1.29 is 29.1 Å². The highest BCUT2D eigenvalue weighted by Gasteiger charge is 2.27. The number of fused-ring (bicyclic) bond motifs is 1. The van der Waals surface area contributed by atoms with E-state index in [1.54, 1.807) is 12.7 Å². The van der Waals surface area contributed by atoms with Crippen LogP contribution in [0.2, 0.25) is 0 Å². The summed E-state index contributed by atoms with van der Waals surface area (Å²) in [6.07, 6.45) is 5.96. The smallest absolute Gasteiger partial charge is 0.311 e. The molecule has 0 aliphatic heterocycles. The van der Waals surface area contributed by atoms with Gasteiger partial charge in [0.15, 0.2) is 0 Å². The number of carbonyl (C=O) groups is 2. The van der Waals surface area contributed by atoms with E-state index < -0.39 is 13.6 Å². The number of phenolic OH excluding ortho intramolecular Hbond substituents is 1. The number of hydrogen-bond acceptors (Lipinski definition) is 7. The van der Waals surface area contributed by atoms with Crippen LogP contribution in [0.5, 0.6) is 5.75 Å². The molecule has 0 amide bonds. The molecule has 2 aromatic rings. The molecule has 1 fully saturated rings. The summed E-state index contributed by atoms with van der Waals surface area (Å²) < 4.78 is 10.0. The first-order valence-corrected chi connectivity index (χ1v) is 15.1. The van der Waals surface area contributed by atoms with Crippen molar-refractivity contribution in [2.45, 2.75) is 60.8 Å². The predicted octanol–water partition coefficient (Wildman–Crippen LogP) is 5.56. The summed E-state index contributed by atoms with van der Waals surface area (Å²) in [5, 5.41) is 10.7. The number of aromatic nitrogens is 1. The Labute approximate surface area is 229 Å². The molecule has 0 bridgehead atoms. The molecule has 1 atom stereocenters. The molecule has 1 unspecified atom stereocenters. The van der Waals surface area contributed by atoms with Crippen molar-refractivity contribution in [1.82, 2.24) is 9.88 Å². The number of ether oxygens (including phenoxy) is 2. The van der Waals surface area contributed by atoms with Crippen LogP contribution in [0.4, 0.5) is 0 Å². The Bertz CT molecular complexity index is 1000. The Kier molecular flexibility index (Phi) is 13.8.